The first-order valence-electron chi connectivity index (χ1n) is 11.4. The third-order valence-electron chi connectivity index (χ3n) is 5.30. The quantitative estimate of drug-likeness (QED) is 0.355. The lowest BCUT2D eigenvalue weighted by molar-refractivity contribution is -0.126. The van der Waals surface area contributed by atoms with Gasteiger partial charge in [0.1, 0.15) is 5.82 Å². The zero-order valence-corrected chi connectivity index (χ0v) is 19.0. The lowest BCUT2D eigenvalue weighted by Gasteiger charge is -2.17. The van der Waals surface area contributed by atoms with E-state index in [4.69, 9.17) is 0 Å². The third-order valence-corrected chi connectivity index (χ3v) is 5.30. The molecule has 3 N–H and O–H groups in total. The van der Waals surface area contributed by atoms with Crippen molar-refractivity contribution in [2.45, 2.75) is 31.7 Å². The van der Waals surface area contributed by atoms with Gasteiger partial charge >= 0.3 is 0 Å². The van der Waals surface area contributed by atoms with Gasteiger partial charge < -0.3 is 16.0 Å². The van der Waals surface area contributed by atoms with Gasteiger partial charge in [0.15, 0.2) is 0 Å². The highest BCUT2D eigenvalue weighted by Crippen LogP contribution is 2.23. The van der Waals surface area contributed by atoms with Crippen LogP contribution in [0.2, 0.25) is 0 Å². The van der Waals surface area contributed by atoms with E-state index in [1.54, 1.807) is 6.20 Å². The molecule has 174 valence electrons. The van der Waals surface area contributed by atoms with Crippen LogP contribution in [-0.4, -0.2) is 29.9 Å². The molecule has 1 unspecified atom stereocenters. The number of anilines is 1. The second kappa shape index (κ2) is 13.4. The molecule has 1 atom stereocenters. The zero-order chi connectivity index (χ0) is 24.0. The summed E-state index contributed by atoms with van der Waals surface area (Å²) in [6.07, 6.45) is 3.74. The van der Waals surface area contributed by atoms with Gasteiger partial charge in [-0.15, -0.1) is 0 Å². The number of aromatic nitrogens is 1. The molecule has 7 heteroatoms. The van der Waals surface area contributed by atoms with Crippen LogP contribution in [0.15, 0.2) is 79.0 Å². The Morgan fingerprint density at radius 2 is 1.62 bits per heavy atom. The number of carbonyl (C=O) groups excluding carboxylic acids is 2. The van der Waals surface area contributed by atoms with E-state index in [0.717, 1.165) is 35.5 Å². The van der Waals surface area contributed by atoms with E-state index >= 15 is 0 Å². The third kappa shape index (κ3) is 8.06. The molecule has 0 fully saturated rings. The minimum Gasteiger partial charge on any atom is -0.370 e. The Bertz CT molecular complexity index is 1080. The zero-order valence-electron chi connectivity index (χ0n) is 19.0. The Morgan fingerprint density at radius 3 is 2.32 bits per heavy atom. The van der Waals surface area contributed by atoms with E-state index in [9.17, 15) is 14.9 Å². The average Bonchev–Trinajstić information content (AvgIpc) is 2.88. The number of nitriles is 1. The van der Waals surface area contributed by atoms with Gasteiger partial charge in [-0.05, 0) is 41.7 Å². The molecule has 0 aliphatic heterocycles. The van der Waals surface area contributed by atoms with Gasteiger partial charge in [0.25, 0.3) is 0 Å². The maximum Gasteiger partial charge on any atom is 0.239 e. The largest absolute Gasteiger partial charge is 0.370 e. The molecule has 34 heavy (non-hydrogen) atoms. The van der Waals surface area contributed by atoms with E-state index in [1.807, 2.05) is 72.8 Å². The van der Waals surface area contributed by atoms with Crippen molar-refractivity contribution in [3.63, 3.8) is 0 Å². The van der Waals surface area contributed by atoms with Crippen molar-refractivity contribution in [1.82, 2.24) is 15.6 Å². The lowest BCUT2D eigenvalue weighted by Crippen LogP contribution is -2.38. The van der Waals surface area contributed by atoms with Gasteiger partial charge in [-0.3, -0.25) is 9.59 Å². The number of nitrogens with zero attached hydrogens (tertiary/aromatic N) is 2. The van der Waals surface area contributed by atoms with Crippen LogP contribution in [-0.2, 0) is 9.59 Å². The molecule has 0 saturated carbocycles. The Hall–Kier alpha value is -4.18. The number of hydrogen-bond donors (Lipinski definition) is 3. The molecule has 7 nitrogen and oxygen atoms in total. The molecule has 2 amide bonds. The number of pyridine rings is 1. The van der Waals surface area contributed by atoms with Gasteiger partial charge in [-0.1, -0.05) is 60.7 Å². The second-order valence-corrected chi connectivity index (χ2v) is 7.85. The molecule has 3 rings (SSSR count). The number of unbranched alkanes of at least 4 members (excludes halogenated alkanes) is 1. The molecule has 0 radical (unpaired) electrons. The summed E-state index contributed by atoms with van der Waals surface area (Å²) < 4.78 is 0. The fourth-order valence-electron chi connectivity index (χ4n) is 3.49. The normalized spacial score (nSPS) is 11.1. The van der Waals surface area contributed by atoms with Gasteiger partial charge in [0.2, 0.25) is 11.8 Å². The predicted octanol–water partition coefficient (Wildman–Crippen LogP) is 4.22. The number of amides is 2. The fourth-order valence-corrected chi connectivity index (χ4v) is 3.49. The number of nitrogens with one attached hydrogen (secondary N) is 3. The first-order chi connectivity index (χ1) is 16.7. The summed E-state index contributed by atoms with van der Waals surface area (Å²) in [5.41, 5.74) is 3.01. The fraction of sp³-hybridized carbons (Fsp3) is 0.259. The first kappa shape index (κ1) is 24.5. The summed E-state index contributed by atoms with van der Waals surface area (Å²) in [5, 5.41) is 17.9. The van der Waals surface area contributed by atoms with Crippen LogP contribution in [0, 0.1) is 11.3 Å². The number of carbonyl (C=O) groups is 2. The molecule has 0 spiro atoms. The minimum absolute atomic E-state index is 0.116. The molecular weight excluding hydrogens is 426 g/mol. The molecule has 0 saturated heterocycles. The number of benzene rings is 2. The Kier molecular flexibility index (Phi) is 9.63. The number of hydrogen-bond acceptors (Lipinski definition) is 5. The molecule has 1 heterocycles. The van der Waals surface area contributed by atoms with Crippen molar-refractivity contribution in [1.29, 1.82) is 5.26 Å². The van der Waals surface area contributed by atoms with Crippen LogP contribution in [0.25, 0.3) is 11.1 Å². The highest BCUT2D eigenvalue weighted by atomic mass is 16.2. The first-order valence-corrected chi connectivity index (χ1v) is 11.4. The smallest absolute Gasteiger partial charge is 0.239 e. The van der Waals surface area contributed by atoms with Gasteiger partial charge in [0.05, 0.1) is 25.1 Å². The van der Waals surface area contributed by atoms with E-state index in [2.05, 4.69) is 27.0 Å². The molecule has 1 aromatic heterocycles. The van der Waals surface area contributed by atoms with Crippen molar-refractivity contribution in [3.05, 3.63) is 84.6 Å². The molecule has 0 aliphatic rings. The lowest BCUT2D eigenvalue weighted by atomic mass is 9.99. The van der Waals surface area contributed by atoms with Crippen LogP contribution >= 0.6 is 0 Å². The molecule has 2 aromatic carbocycles. The van der Waals surface area contributed by atoms with Crippen LogP contribution in [0.3, 0.4) is 0 Å². The monoisotopic (exact) mass is 455 g/mol. The Morgan fingerprint density at radius 1 is 0.882 bits per heavy atom. The maximum absolute atomic E-state index is 12.4. The van der Waals surface area contributed by atoms with E-state index in [1.165, 1.54) is 0 Å². The maximum atomic E-state index is 12.4. The molecular formula is C27H29N5O2. The minimum atomic E-state index is -0.433. The topological polar surface area (TPSA) is 107 Å². The van der Waals surface area contributed by atoms with Crippen molar-refractivity contribution < 1.29 is 9.59 Å². The van der Waals surface area contributed by atoms with Gasteiger partial charge in [0, 0.05) is 19.2 Å². The summed E-state index contributed by atoms with van der Waals surface area (Å²) in [6, 6.07) is 25.1. The Labute approximate surface area is 200 Å². The van der Waals surface area contributed by atoms with Crippen LogP contribution in [0.5, 0.6) is 0 Å². The van der Waals surface area contributed by atoms with Crippen molar-refractivity contribution in [2.24, 2.45) is 0 Å². The predicted molar refractivity (Wildman–Crippen MR) is 133 cm³/mol. The van der Waals surface area contributed by atoms with E-state index in [0.29, 0.717) is 12.8 Å². The van der Waals surface area contributed by atoms with Gasteiger partial charge in [-0.2, -0.15) is 5.26 Å². The van der Waals surface area contributed by atoms with Crippen molar-refractivity contribution in [3.8, 4) is 17.2 Å². The highest BCUT2D eigenvalue weighted by Gasteiger charge is 2.15. The summed E-state index contributed by atoms with van der Waals surface area (Å²) in [5.74, 6) is 0.319. The standard InChI is InChI=1S/C27H29N5O2/c28-17-16-24(23-14-12-22(13-15-23)21-8-2-1-3-9-21)32-27(34)20-31-26(33)11-5-7-19-30-25-10-4-6-18-29-25/h1-4,6,8-10,12-15,18,24H,5,7,11,16,19-20H2,(H,29,30)(H,31,33)(H,32,34). The summed E-state index contributed by atoms with van der Waals surface area (Å²) in [6.45, 7) is 0.610. The van der Waals surface area contributed by atoms with Crippen molar-refractivity contribution >= 4 is 17.6 Å². The van der Waals surface area contributed by atoms with Crippen LogP contribution < -0.4 is 16.0 Å². The van der Waals surface area contributed by atoms with Crippen molar-refractivity contribution in [2.75, 3.05) is 18.4 Å². The number of rotatable bonds is 12. The Balaban J connectivity index is 1.39. The summed E-state index contributed by atoms with van der Waals surface area (Å²) >= 11 is 0. The van der Waals surface area contributed by atoms with Gasteiger partial charge in [-0.25, -0.2) is 4.98 Å². The molecule has 0 aliphatic carbocycles. The second-order valence-electron chi connectivity index (χ2n) is 7.85. The molecule has 3 aromatic rings. The average molecular weight is 456 g/mol. The van der Waals surface area contributed by atoms with Crippen LogP contribution in [0.1, 0.15) is 37.3 Å². The summed E-state index contributed by atoms with van der Waals surface area (Å²) in [4.78, 5) is 28.6. The SMILES string of the molecule is N#CCC(NC(=O)CNC(=O)CCCCNc1ccccn1)c1ccc(-c2ccccc2)cc1. The van der Waals surface area contributed by atoms with E-state index in [-0.39, 0.29) is 24.8 Å². The molecule has 0 bridgehead atoms. The van der Waals surface area contributed by atoms with E-state index < -0.39 is 6.04 Å². The highest BCUT2D eigenvalue weighted by molar-refractivity contribution is 5.84. The van der Waals surface area contributed by atoms with Crippen LogP contribution in [0.4, 0.5) is 5.82 Å². The summed E-state index contributed by atoms with van der Waals surface area (Å²) in [7, 11) is 0.